The SMILES string of the molecule is CCOC(=O)c1ccc(OCC2CCC2)c(OC)c1. The molecule has 0 atom stereocenters. The fourth-order valence-corrected chi connectivity index (χ4v) is 2.00. The molecular weight excluding hydrogens is 244 g/mol. The standard InChI is InChI=1S/C15H20O4/c1-3-18-15(16)12-7-8-13(14(9-12)17-2)19-10-11-5-4-6-11/h7-9,11H,3-6,10H2,1-2H3. The van der Waals surface area contributed by atoms with Crippen LogP contribution in [0.25, 0.3) is 0 Å². The van der Waals surface area contributed by atoms with Crippen LogP contribution >= 0.6 is 0 Å². The zero-order valence-corrected chi connectivity index (χ0v) is 11.5. The van der Waals surface area contributed by atoms with Crippen molar-refractivity contribution in [3.8, 4) is 11.5 Å². The van der Waals surface area contributed by atoms with Crippen LogP contribution in [0, 0.1) is 5.92 Å². The first-order valence-corrected chi connectivity index (χ1v) is 6.72. The van der Waals surface area contributed by atoms with Crippen LogP contribution in [0.4, 0.5) is 0 Å². The van der Waals surface area contributed by atoms with Gasteiger partial charge in [-0.15, -0.1) is 0 Å². The zero-order valence-electron chi connectivity index (χ0n) is 11.5. The Bertz CT molecular complexity index is 438. The Hall–Kier alpha value is -1.71. The van der Waals surface area contributed by atoms with Crippen LogP contribution in [0.2, 0.25) is 0 Å². The van der Waals surface area contributed by atoms with Crippen molar-refractivity contribution in [1.82, 2.24) is 0 Å². The predicted octanol–water partition coefficient (Wildman–Crippen LogP) is 3.05. The number of carbonyl (C=O) groups is 1. The van der Waals surface area contributed by atoms with Gasteiger partial charge in [-0.25, -0.2) is 4.79 Å². The second-order valence-electron chi connectivity index (χ2n) is 4.69. The maximum atomic E-state index is 11.6. The molecule has 2 rings (SSSR count). The number of carbonyl (C=O) groups excluding carboxylic acids is 1. The van der Waals surface area contributed by atoms with Crippen molar-refractivity contribution in [2.75, 3.05) is 20.3 Å². The highest BCUT2D eigenvalue weighted by Crippen LogP contribution is 2.31. The summed E-state index contributed by atoms with van der Waals surface area (Å²) in [7, 11) is 1.57. The van der Waals surface area contributed by atoms with Crippen molar-refractivity contribution < 1.29 is 19.0 Å². The summed E-state index contributed by atoms with van der Waals surface area (Å²) in [6.45, 7) is 2.86. The summed E-state index contributed by atoms with van der Waals surface area (Å²) in [6, 6.07) is 5.13. The second-order valence-corrected chi connectivity index (χ2v) is 4.69. The second kappa shape index (κ2) is 6.45. The molecule has 1 aliphatic rings. The van der Waals surface area contributed by atoms with Crippen LogP contribution in [-0.2, 0) is 4.74 Å². The summed E-state index contributed by atoms with van der Waals surface area (Å²) in [5.41, 5.74) is 0.481. The van der Waals surface area contributed by atoms with Gasteiger partial charge in [0.15, 0.2) is 11.5 Å². The number of methoxy groups -OCH3 is 1. The molecule has 1 aromatic rings. The predicted molar refractivity (Wildman–Crippen MR) is 71.8 cm³/mol. The molecule has 0 aromatic heterocycles. The molecule has 0 amide bonds. The fourth-order valence-electron chi connectivity index (χ4n) is 2.00. The summed E-state index contributed by atoms with van der Waals surface area (Å²) in [5.74, 6) is 1.58. The lowest BCUT2D eigenvalue weighted by Gasteiger charge is -2.25. The van der Waals surface area contributed by atoms with Gasteiger partial charge in [0.1, 0.15) is 0 Å². The highest BCUT2D eigenvalue weighted by molar-refractivity contribution is 5.90. The normalized spacial score (nSPS) is 14.6. The molecule has 1 aliphatic carbocycles. The molecule has 0 aliphatic heterocycles. The molecule has 0 unspecified atom stereocenters. The van der Waals surface area contributed by atoms with Crippen LogP contribution in [0.1, 0.15) is 36.5 Å². The Labute approximate surface area is 113 Å². The molecule has 0 radical (unpaired) electrons. The quantitative estimate of drug-likeness (QED) is 0.741. The van der Waals surface area contributed by atoms with Gasteiger partial charge >= 0.3 is 5.97 Å². The molecule has 0 spiro atoms. The minimum atomic E-state index is -0.341. The average molecular weight is 264 g/mol. The minimum Gasteiger partial charge on any atom is -0.493 e. The van der Waals surface area contributed by atoms with Crippen LogP contribution in [0.3, 0.4) is 0 Å². The van der Waals surface area contributed by atoms with Gasteiger partial charge in [0, 0.05) is 0 Å². The molecule has 0 saturated heterocycles. The molecule has 1 saturated carbocycles. The topological polar surface area (TPSA) is 44.8 Å². The van der Waals surface area contributed by atoms with E-state index >= 15 is 0 Å². The first kappa shape index (κ1) is 13.7. The van der Waals surface area contributed by atoms with E-state index in [1.807, 2.05) is 0 Å². The molecule has 4 heteroatoms. The molecule has 0 heterocycles. The Kier molecular flexibility index (Phi) is 4.66. The van der Waals surface area contributed by atoms with E-state index in [0.717, 1.165) is 6.61 Å². The summed E-state index contributed by atoms with van der Waals surface area (Å²) in [6.07, 6.45) is 3.78. The Morgan fingerprint density at radius 3 is 2.68 bits per heavy atom. The fraction of sp³-hybridized carbons (Fsp3) is 0.533. The van der Waals surface area contributed by atoms with Crippen LogP contribution in [0.5, 0.6) is 11.5 Å². The van der Waals surface area contributed by atoms with Crippen molar-refractivity contribution in [3.63, 3.8) is 0 Å². The summed E-state index contributed by atoms with van der Waals surface area (Å²) >= 11 is 0. The maximum Gasteiger partial charge on any atom is 0.338 e. The lowest BCUT2D eigenvalue weighted by molar-refractivity contribution is 0.0526. The molecule has 1 fully saturated rings. The van der Waals surface area contributed by atoms with Gasteiger partial charge in [0.05, 0.1) is 25.9 Å². The van der Waals surface area contributed by atoms with E-state index in [1.54, 1.807) is 32.2 Å². The maximum absolute atomic E-state index is 11.6. The number of ether oxygens (including phenoxy) is 3. The molecule has 1 aromatic carbocycles. The summed E-state index contributed by atoms with van der Waals surface area (Å²) in [4.78, 5) is 11.6. The number of rotatable bonds is 6. The number of hydrogen-bond donors (Lipinski definition) is 0. The van der Waals surface area contributed by atoms with E-state index in [1.165, 1.54) is 19.3 Å². The van der Waals surface area contributed by atoms with Crippen molar-refractivity contribution in [2.45, 2.75) is 26.2 Å². The van der Waals surface area contributed by atoms with Gasteiger partial charge in [-0.3, -0.25) is 0 Å². The molecule has 4 nitrogen and oxygen atoms in total. The van der Waals surface area contributed by atoms with Gasteiger partial charge in [-0.1, -0.05) is 6.42 Å². The first-order valence-electron chi connectivity index (χ1n) is 6.72. The molecule has 0 N–H and O–H groups in total. The molecule has 0 bridgehead atoms. The molecule has 104 valence electrons. The number of benzene rings is 1. The highest BCUT2D eigenvalue weighted by Gasteiger charge is 2.19. The highest BCUT2D eigenvalue weighted by atomic mass is 16.5. The summed E-state index contributed by atoms with van der Waals surface area (Å²) in [5, 5.41) is 0. The monoisotopic (exact) mass is 264 g/mol. The van der Waals surface area contributed by atoms with E-state index in [0.29, 0.717) is 29.6 Å². The van der Waals surface area contributed by atoms with E-state index in [4.69, 9.17) is 14.2 Å². The first-order chi connectivity index (χ1) is 9.24. The Morgan fingerprint density at radius 2 is 2.11 bits per heavy atom. The number of hydrogen-bond acceptors (Lipinski definition) is 4. The van der Waals surface area contributed by atoms with Crippen LogP contribution < -0.4 is 9.47 Å². The van der Waals surface area contributed by atoms with Crippen molar-refractivity contribution >= 4 is 5.97 Å². The largest absolute Gasteiger partial charge is 0.493 e. The van der Waals surface area contributed by atoms with Gasteiger partial charge < -0.3 is 14.2 Å². The molecular formula is C15H20O4. The third-order valence-electron chi connectivity index (χ3n) is 3.37. The van der Waals surface area contributed by atoms with E-state index in [9.17, 15) is 4.79 Å². The third kappa shape index (κ3) is 3.40. The minimum absolute atomic E-state index is 0.341. The van der Waals surface area contributed by atoms with Crippen LogP contribution in [0.15, 0.2) is 18.2 Å². The smallest absolute Gasteiger partial charge is 0.338 e. The van der Waals surface area contributed by atoms with Gasteiger partial charge in [-0.05, 0) is 43.9 Å². The lowest BCUT2D eigenvalue weighted by atomic mass is 9.86. The Balaban J connectivity index is 2.04. The third-order valence-corrected chi connectivity index (χ3v) is 3.37. The van der Waals surface area contributed by atoms with E-state index in [2.05, 4.69) is 0 Å². The van der Waals surface area contributed by atoms with E-state index < -0.39 is 0 Å². The van der Waals surface area contributed by atoms with Gasteiger partial charge in [0.2, 0.25) is 0 Å². The van der Waals surface area contributed by atoms with Crippen molar-refractivity contribution in [2.24, 2.45) is 5.92 Å². The summed E-state index contributed by atoms with van der Waals surface area (Å²) < 4.78 is 16.0. The van der Waals surface area contributed by atoms with Gasteiger partial charge in [0.25, 0.3) is 0 Å². The molecule has 19 heavy (non-hydrogen) atoms. The Morgan fingerprint density at radius 1 is 1.32 bits per heavy atom. The van der Waals surface area contributed by atoms with Gasteiger partial charge in [-0.2, -0.15) is 0 Å². The zero-order chi connectivity index (χ0) is 13.7. The van der Waals surface area contributed by atoms with E-state index in [-0.39, 0.29) is 5.97 Å². The van der Waals surface area contributed by atoms with Crippen molar-refractivity contribution in [1.29, 1.82) is 0 Å². The average Bonchev–Trinajstić information content (AvgIpc) is 2.37. The lowest BCUT2D eigenvalue weighted by Crippen LogP contribution is -2.19. The van der Waals surface area contributed by atoms with Crippen molar-refractivity contribution in [3.05, 3.63) is 23.8 Å². The van der Waals surface area contributed by atoms with Crippen LogP contribution in [-0.4, -0.2) is 26.3 Å². The number of esters is 1.